The van der Waals surface area contributed by atoms with Crippen LogP contribution in [0.5, 0.6) is 17.4 Å². The Balaban J connectivity index is 1.98. The van der Waals surface area contributed by atoms with Gasteiger partial charge in [0.05, 0.1) is 25.5 Å². The number of benzene rings is 2. The van der Waals surface area contributed by atoms with Crippen molar-refractivity contribution in [3.05, 3.63) is 48.0 Å². The van der Waals surface area contributed by atoms with E-state index in [0.717, 1.165) is 5.75 Å². The molecule has 0 bridgehead atoms. The van der Waals surface area contributed by atoms with E-state index in [1.54, 1.807) is 25.2 Å². The molecule has 31 heavy (non-hydrogen) atoms. The second-order valence-corrected chi connectivity index (χ2v) is 7.87. The van der Waals surface area contributed by atoms with Gasteiger partial charge < -0.3 is 14.2 Å². The fourth-order valence-electron chi connectivity index (χ4n) is 3.55. The lowest BCUT2D eigenvalue weighted by Crippen LogP contribution is -2.36. The predicted molar refractivity (Wildman–Crippen MR) is 118 cm³/mol. The number of methoxy groups -OCH3 is 2. The van der Waals surface area contributed by atoms with Crippen LogP contribution in [-0.4, -0.2) is 41.1 Å². The molecule has 9 heteroatoms. The number of amides is 1. The van der Waals surface area contributed by atoms with Crippen molar-refractivity contribution < 1.29 is 19.0 Å². The van der Waals surface area contributed by atoms with E-state index in [-0.39, 0.29) is 5.91 Å². The molecule has 2 heterocycles. The number of fused-ring (bicyclic) bond motifs is 3. The van der Waals surface area contributed by atoms with E-state index in [0.29, 0.717) is 45.0 Å². The van der Waals surface area contributed by atoms with Gasteiger partial charge in [-0.25, -0.2) is 0 Å². The molecule has 1 aliphatic heterocycles. The highest BCUT2D eigenvalue weighted by molar-refractivity contribution is 7.99. The number of hydrogen-bond donors (Lipinski definition) is 0. The van der Waals surface area contributed by atoms with Crippen LogP contribution in [0.1, 0.15) is 25.6 Å². The molecule has 0 fully saturated rings. The van der Waals surface area contributed by atoms with Gasteiger partial charge in [-0.3, -0.25) is 9.69 Å². The zero-order valence-corrected chi connectivity index (χ0v) is 18.5. The van der Waals surface area contributed by atoms with Crippen LogP contribution in [0.3, 0.4) is 0 Å². The highest BCUT2D eigenvalue weighted by Gasteiger charge is 2.36. The number of anilines is 1. The minimum atomic E-state index is -0.846. The van der Waals surface area contributed by atoms with Crippen molar-refractivity contribution in [3.8, 4) is 28.6 Å². The van der Waals surface area contributed by atoms with Crippen molar-refractivity contribution in [2.24, 2.45) is 0 Å². The third-order valence-electron chi connectivity index (χ3n) is 4.82. The van der Waals surface area contributed by atoms with Crippen LogP contribution in [0.25, 0.3) is 11.3 Å². The normalized spacial score (nSPS) is 14.7. The first-order valence-electron chi connectivity index (χ1n) is 9.73. The summed E-state index contributed by atoms with van der Waals surface area (Å²) in [7, 11) is 3.12. The number of hydrogen-bond acceptors (Lipinski definition) is 8. The highest BCUT2D eigenvalue weighted by Crippen LogP contribution is 2.46. The number of para-hydroxylation sites is 2. The van der Waals surface area contributed by atoms with Crippen molar-refractivity contribution in [2.45, 2.75) is 25.2 Å². The maximum absolute atomic E-state index is 12.9. The summed E-state index contributed by atoms with van der Waals surface area (Å²) in [5.41, 5.74) is 2.47. The molecule has 8 nitrogen and oxygen atoms in total. The lowest BCUT2D eigenvalue weighted by Gasteiger charge is -2.31. The molecule has 0 saturated carbocycles. The fraction of sp³-hybridized carbons (Fsp3) is 0.273. The van der Waals surface area contributed by atoms with Crippen LogP contribution in [0, 0.1) is 0 Å². The second kappa shape index (κ2) is 8.81. The zero-order chi connectivity index (χ0) is 22.0. The topological polar surface area (TPSA) is 86.7 Å². The van der Waals surface area contributed by atoms with E-state index in [2.05, 4.69) is 15.2 Å². The largest absolute Gasteiger partial charge is 0.493 e. The van der Waals surface area contributed by atoms with Gasteiger partial charge in [-0.05, 0) is 24.0 Å². The molecule has 1 aromatic heterocycles. The molecule has 1 atom stereocenters. The maximum atomic E-state index is 12.9. The van der Waals surface area contributed by atoms with Crippen molar-refractivity contribution >= 4 is 23.4 Å². The molecule has 3 aromatic rings. The van der Waals surface area contributed by atoms with Crippen molar-refractivity contribution in [3.63, 3.8) is 0 Å². The van der Waals surface area contributed by atoms with E-state index < -0.39 is 6.23 Å². The number of ether oxygens (including phenoxy) is 3. The van der Waals surface area contributed by atoms with Gasteiger partial charge in [0.25, 0.3) is 0 Å². The molecular formula is C22H22N4O4S. The van der Waals surface area contributed by atoms with E-state index in [9.17, 15) is 4.79 Å². The SMILES string of the molecule is CCSc1nnc2c(n1)OC(c1cccc(OC)c1OC)N(C(C)=O)c1ccccc1-2. The van der Waals surface area contributed by atoms with Gasteiger partial charge in [0.1, 0.15) is 0 Å². The lowest BCUT2D eigenvalue weighted by molar-refractivity contribution is -0.118. The van der Waals surface area contributed by atoms with Crippen LogP contribution >= 0.6 is 11.8 Å². The first kappa shape index (κ1) is 20.9. The molecule has 2 aromatic carbocycles. The average molecular weight is 439 g/mol. The molecule has 1 aliphatic rings. The fourth-order valence-corrected chi connectivity index (χ4v) is 4.06. The molecule has 0 N–H and O–H groups in total. The summed E-state index contributed by atoms with van der Waals surface area (Å²) in [6.07, 6.45) is -0.846. The van der Waals surface area contributed by atoms with Gasteiger partial charge in [-0.1, -0.05) is 43.0 Å². The molecule has 0 saturated heterocycles. The molecular weight excluding hydrogens is 416 g/mol. The van der Waals surface area contributed by atoms with E-state index in [1.807, 2.05) is 43.3 Å². The Hall–Kier alpha value is -3.33. The number of carbonyl (C=O) groups excluding carboxylic acids is 1. The number of carbonyl (C=O) groups is 1. The number of nitrogens with zero attached hydrogens (tertiary/aromatic N) is 4. The quantitative estimate of drug-likeness (QED) is 0.550. The summed E-state index contributed by atoms with van der Waals surface area (Å²) < 4.78 is 17.5. The average Bonchev–Trinajstić information content (AvgIpc) is 2.93. The molecule has 0 radical (unpaired) electrons. The first-order valence-corrected chi connectivity index (χ1v) is 10.7. The van der Waals surface area contributed by atoms with Gasteiger partial charge in [-0.2, -0.15) is 4.98 Å². The number of aromatic nitrogens is 3. The Morgan fingerprint density at radius 3 is 2.65 bits per heavy atom. The van der Waals surface area contributed by atoms with E-state index in [1.165, 1.54) is 18.7 Å². The molecule has 0 spiro atoms. The third-order valence-corrected chi connectivity index (χ3v) is 5.54. The summed E-state index contributed by atoms with van der Waals surface area (Å²) in [5.74, 6) is 1.91. The zero-order valence-electron chi connectivity index (χ0n) is 17.7. The smallest absolute Gasteiger partial charge is 0.247 e. The Kier molecular flexibility index (Phi) is 5.94. The van der Waals surface area contributed by atoms with Crippen LogP contribution in [0.4, 0.5) is 5.69 Å². The first-order chi connectivity index (χ1) is 15.1. The second-order valence-electron chi connectivity index (χ2n) is 6.64. The van der Waals surface area contributed by atoms with Gasteiger partial charge in [0.2, 0.25) is 23.2 Å². The molecule has 0 aliphatic carbocycles. The Bertz CT molecular complexity index is 1120. The number of thioether (sulfide) groups is 1. The van der Waals surface area contributed by atoms with Crippen LogP contribution in [0.15, 0.2) is 47.6 Å². The molecule has 1 amide bonds. The van der Waals surface area contributed by atoms with Crippen LogP contribution in [-0.2, 0) is 4.79 Å². The lowest BCUT2D eigenvalue weighted by atomic mass is 10.1. The molecule has 160 valence electrons. The Morgan fingerprint density at radius 1 is 1.13 bits per heavy atom. The third kappa shape index (κ3) is 3.76. The summed E-state index contributed by atoms with van der Waals surface area (Å²) in [4.78, 5) is 19.0. The van der Waals surface area contributed by atoms with Crippen molar-refractivity contribution in [1.29, 1.82) is 0 Å². The summed E-state index contributed by atoms with van der Waals surface area (Å²) in [6.45, 7) is 3.50. The Morgan fingerprint density at radius 2 is 1.94 bits per heavy atom. The Labute approximate surface area is 184 Å². The van der Waals surface area contributed by atoms with Gasteiger partial charge in [0.15, 0.2) is 17.2 Å². The predicted octanol–water partition coefficient (Wildman–Crippen LogP) is 4.11. The van der Waals surface area contributed by atoms with Gasteiger partial charge in [-0.15, -0.1) is 10.2 Å². The highest BCUT2D eigenvalue weighted by atomic mass is 32.2. The van der Waals surface area contributed by atoms with E-state index >= 15 is 0 Å². The van der Waals surface area contributed by atoms with Crippen LogP contribution in [0.2, 0.25) is 0 Å². The van der Waals surface area contributed by atoms with Crippen molar-refractivity contribution in [1.82, 2.24) is 15.2 Å². The minimum Gasteiger partial charge on any atom is -0.493 e. The minimum absolute atomic E-state index is 0.203. The van der Waals surface area contributed by atoms with E-state index in [4.69, 9.17) is 14.2 Å². The maximum Gasteiger partial charge on any atom is 0.247 e. The monoisotopic (exact) mass is 438 g/mol. The number of rotatable bonds is 5. The van der Waals surface area contributed by atoms with Crippen molar-refractivity contribution in [2.75, 3.05) is 24.9 Å². The molecule has 4 rings (SSSR count). The van der Waals surface area contributed by atoms with Gasteiger partial charge >= 0.3 is 0 Å². The summed E-state index contributed by atoms with van der Waals surface area (Å²) in [5, 5.41) is 9.12. The van der Waals surface area contributed by atoms with Crippen LogP contribution < -0.4 is 19.1 Å². The summed E-state index contributed by atoms with van der Waals surface area (Å²) in [6, 6.07) is 12.9. The van der Waals surface area contributed by atoms with Gasteiger partial charge in [0, 0.05) is 12.5 Å². The molecule has 1 unspecified atom stereocenters. The standard InChI is InChI=1S/C22H22N4O4S/c1-5-31-22-23-20-18(24-25-22)14-9-6-7-11-16(14)26(13(2)27)21(30-20)15-10-8-12-17(28-3)19(15)29-4/h6-12,21H,5H2,1-4H3. The summed E-state index contributed by atoms with van der Waals surface area (Å²) >= 11 is 1.46.